The van der Waals surface area contributed by atoms with Gasteiger partial charge in [0.15, 0.2) is 0 Å². The number of carbonyl (C=O) groups is 2. The first-order chi connectivity index (χ1) is 22.3. The lowest BCUT2D eigenvalue weighted by atomic mass is 9.94. The number of methoxy groups -OCH3 is 1. The van der Waals surface area contributed by atoms with E-state index in [9.17, 15) is 18.0 Å². The van der Waals surface area contributed by atoms with Gasteiger partial charge in [0.1, 0.15) is 18.3 Å². The van der Waals surface area contributed by atoms with Crippen molar-refractivity contribution in [1.82, 2.24) is 10.2 Å². The second-order valence-corrected chi connectivity index (χ2v) is 13.4. The lowest BCUT2D eigenvalue weighted by molar-refractivity contribution is -0.140. The van der Waals surface area contributed by atoms with Gasteiger partial charge in [-0.15, -0.1) is 0 Å². The molecule has 0 radical (unpaired) electrons. The Morgan fingerprint density at radius 2 is 1.35 bits per heavy atom. The van der Waals surface area contributed by atoms with Crippen molar-refractivity contribution in [2.24, 2.45) is 0 Å². The Balaban J connectivity index is 1.53. The van der Waals surface area contributed by atoms with Gasteiger partial charge in [0.2, 0.25) is 11.8 Å². The number of hydrogen-bond donors (Lipinski definition) is 1. The van der Waals surface area contributed by atoms with Crippen molar-refractivity contribution >= 4 is 27.5 Å². The summed E-state index contributed by atoms with van der Waals surface area (Å²) in [5, 5.41) is 3.24. The standard InChI is InChI=1S/C37H41N3O5S/c1-45-33-22-24-34(25-23-33)46(43,44)40(32-20-12-5-13-21-32)28-36(41)39(27-30-16-8-3-9-17-30)35(26-29-14-6-2-7-15-29)37(42)38-31-18-10-4-11-19-31/h2-3,5-9,12-17,20-25,31,35H,4,10-11,18-19,26-28H2,1H3,(H,38,42)/t35-/m1/s1. The molecule has 1 saturated carbocycles. The van der Waals surface area contributed by atoms with Gasteiger partial charge in [-0.25, -0.2) is 8.42 Å². The maximum atomic E-state index is 14.6. The van der Waals surface area contributed by atoms with Crippen molar-refractivity contribution < 1.29 is 22.7 Å². The van der Waals surface area contributed by atoms with E-state index in [4.69, 9.17) is 4.74 Å². The zero-order valence-electron chi connectivity index (χ0n) is 26.1. The molecule has 5 rings (SSSR count). The highest BCUT2D eigenvalue weighted by atomic mass is 32.2. The molecule has 0 bridgehead atoms. The van der Waals surface area contributed by atoms with E-state index >= 15 is 0 Å². The van der Waals surface area contributed by atoms with E-state index in [2.05, 4.69) is 5.32 Å². The fourth-order valence-corrected chi connectivity index (χ4v) is 7.29. The number of carbonyl (C=O) groups excluding carboxylic acids is 2. The fraction of sp³-hybridized carbons (Fsp3) is 0.297. The minimum Gasteiger partial charge on any atom is -0.497 e. The van der Waals surface area contributed by atoms with E-state index in [0.717, 1.165) is 47.5 Å². The SMILES string of the molecule is COc1ccc(S(=O)(=O)N(CC(=O)N(Cc2ccccc2)[C@H](Cc2ccccc2)C(=O)NC2CCCCC2)c2ccccc2)cc1. The fourth-order valence-electron chi connectivity index (χ4n) is 5.88. The molecule has 8 nitrogen and oxygen atoms in total. The molecule has 0 aromatic heterocycles. The van der Waals surface area contributed by atoms with Gasteiger partial charge >= 0.3 is 0 Å². The predicted octanol–water partition coefficient (Wildman–Crippen LogP) is 5.98. The Hall–Kier alpha value is -4.63. The zero-order chi connectivity index (χ0) is 32.4. The maximum absolute atomic E-state index is 14.6. The summed E-state index contributed by atoms with van der Waals surface area (Å²) >= 11 is 0. The maximum Gasteiger partial charge on any atom is 0.264 e. The third-order valence-corrected chi connectivity index (χ3v) is 10.2. The van der Waals surface area contributed by atoms with Crippen molar-refractivity contribution in [1.29, 1.82) is 0 Å². The van der Waals surface area contributed by atoms with Crippen LogP contribution in [0.1, 0.15) is 43.2 Å². The van der Waals surface area contributed by atoms with Crippen molar-refractivity contribution in [2.75, 3.05) is 18.0 Å². The molecule has 0 heterocycles. The van der Waals surface area contributed by atoms with Crippen LogP contribution in [0.15, 0.2) is 120 Å². The van der Waals surface area contributed by atoms with E-state index in [0.29, 0.717) is 11.4 Å². The molecule has 1 N–H and O–H groups in total. The van der Waals surface area contributed by atoms with Crippen LogP contribution in [0.5, 0.6) is 5.75 Å². The van der Waals surface area contributed by atoms with Gasteiger partial charge in [0.05, 0.1) is 17.7 Å². The highest BCUT2D eigenvalue weighted by Crippen LogP contribution is 2.26. The molecule has 240 valence electrons. The van der Waals surface area contributed by atoms with Crippen molar-refractivity contribution in [3.8, 4) is 5.75 Å². The molecule has 46 heavy (non-hydrogen) atoms. The van der Waals surface area contributed by atoms with Crippen LogP contribution in [0.3, 0.4) is 0 Å². The van der Waals surface area contributed by atoms with E-state index in [1.165, 1.54) is 19.2 Å². The minimum atomic E-state index is -4.18. The highest BCUT2D eigenvalue weighted by Gasteiger charge is 2.35. The summed E-state index contributed by atoms with van der Waals surface area (Å²) in [5.74, 6) is -0.197. The Kier molecular flexibility index (Phi) is 11.1. The first kappa shape index (κ1) is 32.8. The quantitative estimate of drug-likeness (QED) is 0.194. The second kappa shape index (κ2) is 15.6. The van der Waals surface area contributed by atoms with Gasteiger partial charge < -0.3 is 15.0 Å². The second-order valence-electron chi connectivity index (χ2n) is 11.6. The normalized spacial score (nSPS) is 14.2. The predicted molar refractivity (Wildman–Crippen MR) is 180 cm³/mol. The average Bonchev–Trinajstić information content (AvgIpc) is 3.10. The smallest absolute Gasteiger partial charge is 0.264 e. The molecule has 0 spiro atoms. The number of nitrogens with zero attached hydrogens (tertiary/aromatic N) is 2. The van der Waals surface area contributed by atoms with Crippen LogP contribution >= 0.6 is 0 Å². The number of para-hydroxylation sites is 1. The molecule has 0 saturated heterocycles. The number of sulfonamides is 1. The first-order valence-corrected chi connectivity index (χ1v) is 17.2. The zero-order valence-corrected chi connectivity index (χ0v) is 26.9. The van der Waals surface area contributed by atoms with Crippen LogP contribution in [0, 0.1) is 0 Å². The van der Waals surface area contributed by atoms with Crippen LogP contribution in [-0.2, 0) is 32.6 Å². The summed E-state index contributed by atoms with van der Waals surface area (Å²) in [7, 11) is -2.67. The van der Waals surface area contributed by atoms with Crippen LogP contribution in [-0.4, -0.2) is 50.9 Å². The third kappa shape index (κ3) is 8.34. The Morgan fingerprint density at radius 3 is 1.93 bits per heavy atom. The van der Waals surface area contributed by atoms with Gasteiger partial charge in [-0.2, -0.15) is 0 Å². The molecule has 0 unspecified atom stereocenters. The minimum absolute atomic E-state index is 0.0236. The van der Waals surface area contributed by atoms with Gasteiger partial charge in [0.25, 0.3) is 10.0 Å². The van der Waals surface area contributed by atoms with Crippen LogP contribution < -0.4 is 14.4 Å². The number of rotatable bonds is 13. The summed E-state index contributed by atoms with van der Waals surface area (Å²) in [6.45, 7) is -0.353. The number of hydrogen-bond acceptors (Lipinski definition) is 5. The lowest BCUT2D eigenvalue weighted by Crippen LogP contribution is -2.55. The summed E-state index contributed by atoms with van der Waals surface area (Å²) < 4.78 is 34.6. The first-order valence-electron chi connectivity index (χ1n) is 15.7. The Morgan fingerprint density at radius 1 is 0.783 bits per heavy atom. The summed E-state index contributed by atoms with van der Waals surface area (Å²) in [6.07, 6.45) is 5.34. The van der Waals surface area contributed by atoms with Gasteiger partial charge in [0, 0.05) is 19.0 Å². The number of anilines is 1. The van der Waals surface area contributed by atoms with Gasteiger partial charge in [-0.1, -0.05) is 98.1 Å². The van der Waals surface area contributed by atoms with Crippen molar-refractivity contribution in [3.63, 3.8) is 0 Å². The molecule has 4 aromatic carbocycles. The molecule has 0 aliphatic heterocycles. The van der Waals surface area contributed by atoms with E-state index < -0.39 is 28.5 Å². The number of nitrogens with one attached hydrogen (secondary N) is 1. The topological polar surface area (TPSA) is 96.0 Å². The lowest BCUT2D eigenvalue weighted by Gasteiger charge is -2.35. The molecule has 4 aromatic rings. The number of amides is 2. The molecule has 2 amide bonds. The van der Waals surface area contributed by atoms with E-state index in [-0.39, 0.29) is 29.8 Å². The third-order valence-electron chi connectivity index (χ3n) is 8.39. The van der Waals surface area contributed by atoms with E-state index in [1.807, 2.05) is 60.7 Å². The molecule has 9 heteroatoms. The van der Waals surface area contributed by atoms with Gasteiger partial charge in [-0.05, 0) is 60.4 Å². The Labute approximate surface area is 272 Å². The summed E-state index contributed by atoms with van der Waals surface area (Å²) in [6, 6.07) is 32.9. The van der Waals surface area contributed by atoms with Crippen LogP contribution in [0.4, 0.5) is 5.69 Å². The van der Waals surface area contributed by atoms with Crippen LogP contribution in [0.25, 0.3) is 0 Å². The van der Waals surface area contributed by atoms with Crippen molar-refractivity contribution in [2.45, 2.75) is 62.0 Å². The molecule has 1 aliphatic carbocycles. The molecule has 1 fully saturated rings. The van der Waals surface area contributed by atoms with E-state index in [1.54, 1.807) is 47.4 Å². The number of ether oxygens (including phenoxy) is 1. The summed E-state index contributed by atoms with van der Waals surface area (Å²) in [5.41, 5.74) is 2.09. The van der Waals surface area contributed by atoms with Crippen LogP contribution in [0.2, 0.25) is 0 Å². The molecular weight excluding hydrogens is 598 g/mol. The molecule has 1 atom stereocenters. The molecular formula is C37H41N3O5S. The monoisotopic (exact) mass is 639 g/mol. The molecule has 1 aliphatic rings. The highest BCUT2D eigenvalue weighted by molar-refractivity contribution is 7.92. The summed E-state index contributed by atoms with van der Waals surface area (Å²) in [4.78, 5) is 30.3. The Bertz CT molecular complexity index is 1660. The number of benzene rings is 4. The average molecular weight is 640 g/mol. The van der Waals surface area contributed by atoms with Crippen molar-refractivity contribution in [3.05, 3.63) is 126 Å². The largest absolute Gasteiger partial charge is 0.497 e. The van der Waals surface area contributed by atoms with Gasteiger partial charge in [-0.3, -0.25) is 13.9 Å².